The van der Waals surface area contributed by atoms with Crippen molar-refractivity contribution < 1.29 is 21.6 Å². The summed E-state index contributed by atoms with van der Waals surface area (Å²) in [6, 6.07) is 4.73. The lowest BCUT2D eigenvalue weighted by atomic mass is 9.81. The van der Waals surface area contributed by atoms with Crippen molar-refractivity contribution in [1.29, 1.82) is 0 Å². The molecular weight excluding hydrogens is 405 g/mol. The Bertz CT molecular complexity index is 949. The van der Waals surface area contributed by atoms with Gasteiger partial charge in [-0.25, -0.2) is 18.1 Å². The first-order valence-corrected chi connectivity index (χ1v) is 10.9. The fourth-order valence-electron chi connectivity index (χ4n) is 3.67. The monoisotopic (exact) mass is 430 g/mol. The van der Waals surface area contributed by atoms with E-state index in [0.29, 0.717) is 36.3 Å². The molecule has 1 aromatic carbocycles. The van der Waals surface area contributed by atoms with Gasteiger partial charge in [-0.05, 0) is 56.8 Å². The van der Waals surface area contributed by atoms with E-state index >= 15 is 0 Å². The zero-order valence-corrected chi connectivity index (χ0v) is 17.1. The fraction of sp³-hybridized carbons (Fsp3) is 0.526. The zero-order valence-electron chi connectivity index (χ0n) is 16.3. The summed E-state index contributed by atoms with van der Waals surface area (Å²) in [7, 11) is -0.450. The summed E-state index contributed by atoms with van der Waals surface area (Å²) in [6.07, 6.45) is 0.635. The van der Waals surface area contributed by atoms with Crippen molar-refractivity contribution >= 4 is 15.7 Å². The molecule has 1 aliphatic rings. The smallest absolute Gasteiger partial charge is 0.384 e. The molecule has 0 amide bonds. The molecule has 0 atom stereocenters. The first-order valence-electron chi connectivity index (χ1n) is 9.46. The molecule has 0 bridgehead atoms. The average Bonchev–Trinajstić information content (AvgIpc) is 3.12. The Hall–Kier alpha value is -2.07. The Morgan fingerprint density at radius 1 is 1.21 bits per heavy atom. The predicted molar refractivity (Wildman–Crippen MR) is 105 cm³/mol. The Kier molecular flexibility index (Phi) is 6.23. The summed E-state index contributed by atoms with van der Waals surface area (Å²) in [6.45, 7) is 0.530. The first kappa shape index (κ1) is 21.6. The number of anilines is 1. The minimum Gasteiger partial charge on any atom is -0.384 e. The molecule has 2 aromatic rings. The lowest BCUT2D eigenvalue weighted by molar-refractivity contribution is -0.183. The van der Waals surface area contributed by atoms with Crippen molar-refractivity contribution in [2.24, 2.45) is 18.9 Å². The van der Waals surface area contributed by atoms with Crippen LogP contribution < -0.4 is 10.0 Å². The quantitative estimate of drug-likeness (QED) is 0.732. The van der Waals surface area contributed by atoms with Crippen LogP contribution in [0, 0.1) is 11.8 Å². The van der Waals surface area contributed by atoms with Gasteiger partial charge in [0.2, 0.25) is 10.0 Å². The van der Waals surface area contributed by atoms with Crippen LogP contribution >= 0.6 is 0 Å². The van der Waals surface area contributed by atoms with Gasteiger partial charge >= 0.3 is 6.18 Å². The highest BCUT2D eigenvalue weighted by atomic mass is 32.2. The Balaban J connectivity index is 1.77. The standard InChI is InChI=1S/C19H25F3N4O2S/c1-23-29(27,28)15-7-8-17(16(9-15)18-11-26(2)12-25-18)24-10-13-3-5-14(6-4-13)19(20,21)22/h7-9,11-14,23-24H,3-6,10H2,1-2H3/t13-,14-. The minimum atomic E-state index is -4.11. The number of benzene rings is 1. The molecule has 2 N–H and O–H groups in total. The Labute approximate surface area is 168 Å². The third-order valence-electron chi connectivity index (χ3n) is 5.44. The van der Waals surface area contributed by atoms with Crippen LogP contribution in [0.4, 0.5) is 18.9 Å². The van der Waals surface area contributed by atoms with Crippen LogP contribution in [-0.2, 0) is 17.1 Å². The van der Waals surface area contributed by atoms with E-state index in [-0.39, 0.29) is 23.7 Å². The van der Waals surface area contributed by atoms with Gasteiger partial charge in [-0.1, -0.05) is 0 Å². The van der Waals surface area contributed by atoms with Crippen LogP contribution in [0.25, 0.3) is 11.3 Å². The maximum Gasteiger partial charge on any atom is 0.391 e. The number of aromatic nitrogens is 2. The number of nitrogens with one attached hydrogen (secondary N) is 2. The van der Waals surface area contributed by atoms with E-state index in [2.05, 4.69) is 15.0 Å². The largest absolute Gasteiger partial charge is 0.391 e. The molecule has 0 radical (unpaired) electrons. The van der Waals surface area contributed by atoms with Gasteiger partial charge in [-0.15, -0.1) is 0 Å². The van der Waals surface area contributed by atoms with Crippen molar-refractivity contribution in [3.05, 3.63) is 30.7 Å². The number of hydrogen-bond acceptors (Lipinski definition) is 4. The summed E-state index contributed by atoms with van der Waals surface area (Å²) < 4.78 is 66.9. The van der Waals surface area contributed by atoms with Gasteiger partial charge in [0, 0.05) is 31.0 Å². The van der Waals surface area contributed by atoms with E-state index in [4.69, 9.17) is 0 Å². The predicted octanol–water partition coefficient (Wildman–Crippen LogP) is 3.78. The van der Waals surface area contributed by atoms with Gasteiger partial charge in [0.1, 0.15) is 0 Å². The highest BCUT2D eigenvalue weighted by molar-refractivity contribution is 7.89. The van der Waals surface area contributed by atoms with Crippen LogP contribution in [-0.4, -0.2) is 37.7 Å². The molecule has 0 saturated heterocycles. The molecule has 0 spiro atoms. The average molecular weight is 430 g/mol. The number of aryl methyl sites for hydroxylation is 1. The molecule has 1 saturated carbocycles. The number of rotatable bonds is 6. The summed E-state index contributed by atoms with van der Waals surface area (Å²) in [5.41, 5.74) is 1.95. The topological polar surface area (TPSA) is 76.0 Å². The zero-order chi connectivity index (χ0) is 21.2. The van der Waals surface area contributed by atoms with Gasteiger partial charge < -0.3 is 9.88 Å². The molecule has 29 heavy (non-hydrogen) atoms. The molecule has 160 valence electrons. The molecular formula is C19H25F3N4O2S. The van der Waals surface area contributed by atoms with E-state index in [1.165, 1.54) is 13.1 Å². The number of alkyl halides is 3. The van der Waals surface area contributed by atoms with Crippen molar-refractivity contribution in [3.63, 3.8) is 0 Å². The van der Waals surface area contributed by atoms with E-state index in [1.54, 1.807) is 29.2 Å². The summed E-state index contributed by atoms with van der Waals surface area (Å²) >= 11 is 0. The van der Waals surface area contributed by atoms with Gasteiger partial charge in [0.15, 0.2) is 0 Å². The van der Waals surface area contributed by atoms with Crippen molar-refractivity contribution in [2.75, 3.05) is 18.9 Å². The highest BCUT2D eigenvalue weighted by Crippen LogP contribution is 2.39. The summed E-state index contributed by atoms with van der Waals surface area (Å²) in [5.74, 6) is -1.06. The second kappa shape index (κ2) is 8.35. The van der Waals surface area contributed by atoms with Crippen molar-refractivity contribution in [3.8, 4) is 11.3 Å². The van der Waals surface area contributed by atoms with Crippen LogP contribution in [0.15, 0.2) is 35.6 Å². The summed E-state index contributed by atoms with van der Waals surface area (Å²) in [5, 5.41) is 3.30. The molecule has 6 nitrogen and oxygen atoms in total. The minimum absolute atomic E-state index is 0.122. The number of sulfonamides is 1. The summed E-state index contributed by atoms with van der Waals surface area (Å²) in [4.78, 5) is 4.43. The molecule has 10 heteroatoms. The lowest BCUT2D eigenvalue weighted by Crippen LogP contribution is -2.29. The Morgan fingerprint density at radius 3 is 2.45 bits per heavy atom. The van der Waals surface area contributed by atoms with E-state index in [0.717, 1.165) is 0 Å². The fourth-order valence-corrected chi connectivity index (χ4v) is 4.43. The maximum absolute atomic E-state index is 12.8. The Morgan fingerprint density at radius 2 is 1.90 bits per heavy atom. The van der Waals surface area contributed by atoms with Crippen LogP contribution in [0.3, 0.4) is 0 Å². The molecule has 1 heterocycles. The number of halogens is 3. The van der Waals surface area contributed by atoms with Gasteiger partial charge in [-0.3, -0.25) is 0 Å². The molecule has 1 fully saturated rings. The van der Waals surface area contributed by atoms with E-state index < -0.39 is 22.1 Å². The van der Waals surface area contributed by atoms with Crippen LogP contribution in [0.2, 0.25) is 0 Å². The number of nitrogens with zero attached hydrogens (tertiary/aromatic N) is 2. The molecule has 1 aromatic heterocycles. The second-order valence-corrected chi connectivity index (χ2v) is 9.37. The lowest BCUT2D eigenvalue weighted by Gasteiger charge is -2.30. The maximum atomic E-state index is 12.8. The normalized spacial score (nSPS) is 20.6. The van der Waals surface area contributed by atoms with Crippen LogP contribution in [0.5, 0.6) is 0 Å². The SMILES string of the molecule is CNS(=O)(=O)c1ccc(NC[C@H]2CC[C@H](C(F)(F)F)CC2)c(-c2cn(C)cn2)c1. The highest BCUT2D eigenvalue weighted by Gasteiger charge is 2.41. The van der Waals surface area contributed by atoms with E-state index in [9.17, 15) is 21.6 Å². The third-order valence-corrected chi connectivity index (χ3v) is 6.85. The third kappa shape index (κ3) is 5.11. The van der Waals surface area contributed by atoms with Gasteiger partial charge in [-0.2, -0.15) is 13.2 Å². The van der Waals surface area contributed by atoms with Gasteiger partial charge in [0.25, 0.3) is 0 Å². The molecule has 0 aliphatic heterocycles. The second-order valence-electron chi connectivity index (χ2n) is 7.48. The first-order chi connectivity index (χ1) is 13.6. The number of imidazole rings is 1. The number of hydrogen-bond donors (Lipinski definition) is 2. The van der Waals surface area contributed by atoms with Gasteiger partial charge in [0.05, 0.1) is 22.8 Å². The van der Waals surface area contributed by atoms with Crippen molar-refractivity contribution in [2.45, 2.75) is 36.8 Å². The molecule has 1 aliphatic carbocycles. The van der Waals surface area contributed by atoms with E-state index in [1.807, 2.05) is 7.05 Å². The molecule has 0 unspecified atom stereocenters. The molecule has 3 rings (SSSR count). The van der Waals surface area contributed by atoms with Crippen LogP contribution in [0.1, 0.15) is 25.7 Å². The van der Waals surface area contributed by atoms with Crippen molar-refractivity contribution in [1.82, 2.24) is 14.3 Å².